The van der Waals surface area contributed by atoms with Crippen molar-refractivity contribution >= 4 is 44.8 Å². The van der Waals surface area contributed by atoms with Gasteiger partial charge < -0.3 is 0 Å². The highest BCUT2D eigenvalue weighted by Crippen LogP contribution is 2.20. The molecule has 1 nitrogen and oxygen atoms in total. The Morgan fingerprint density at radius 3 is 2.67 bits per heavy atom. The van der Waals surface area contributed by atoms with Gasteiger partial charge in [0.05, 0.1) is 0 Å². The van der Waals surface area contributed by atoms with E-state index in [1.807, 2.05) is 22.6 Å². The van der Waals surface area contributed by atoms with Crippen LogP contribution in [0.25, 0.3) is 0 Å². The van der Waals surface area contributed by atoms with Crippen molar-refractivity contribution in [1.29, 1.82) is 0 Å². The standard InChI is InChI=1S/C8H5BrFIO/c9-3-6-7(10)1-5(4-12)2-8(6)11/h1-2,4H,3H2. The van der Waals surface area contributed by atoms with Gasteiger partial charge in [0.1, 0.15) is 12.1 Å². The van der Waals surface area contributed by atoms with Crippen LogP contribution in [0.1, 0.15) is 15.9 Å². The van der Waals surface area contributed by atoms with Crippen LogP contribution in [-0.2, 0) is 5.33 Å². The van der Waals surface area contributed by atoms with E-state index in [2.05, 4.69) is 15.9 Å². The van der Waals surface area contributed by atoms with E-state index in [0.717, 1.165) is 3.57 Å². The van der Waals surface area contributed by atoms with E-state index in [4.69, 9.17) is 0 Å². The maximum atomic E-state index is 13.1. The number of alkyl halides is 1. The Labute approximate surface area is 91.6 Å². The van der Waals surface area contributed by atoms with Gasteiger partial charge in [0, 0.05) is 20.0 Å². The zero-order valence-corrected chi connectivity index (χ0v) is 9.72. The predicted octanol–water partition coefficient (Wildman–Crippen LogP) is 3.14. The minimum absolute atomic E-state index is 0.333. The molecule has 0 amide bonds. The minimum Gasteiger partial charge on any atom is -0.298 e. The molecule has 0 saturated heterocycles. The molecule has 0 radical (unpaired) electrons. The molecule has 64 valence electrons. The van der Waals surface area contributed by atoms with Gasteiger partial charge in [-0.2, -0.15) is 0 Å². The Balaban J connectivity index is 3.27. The summed E-state index contributed by atoms with van der Waals surface area (Å²) in [7, 11) is 0. The summed E-state index contributed by atoms with van der Waals surface area (Å²) in [5.74, 6) is -0.333. The highest BCUT2D eigenvalue weighted by molar-refractivity contribution is 14.1. The maximum absolute atomic E-state index is 13.1. The molecule has 0 aliphatic rings. The van der Waals surface area contributed by atoms with Gasteiger partial charge in [-0.05, 0) is 34.7 Å². The van der Waals surface area contributed by atoms with Crippen molar-refractivity contribution in [2.45, 2.75) is 5.33 Å². The van der Waals surface area contributed by atoms with Crippen LogP contribution in [0.4, 0.5) is 4.39 Å². The van der Waals surface area contributed by atoms with E-state index in [-0.39, 0.29) is 5.82 Å². The van der Waals surface area contributed by atoms with Crippen molar-refractivity contribution < 1.29 is 9.18 Å². The third kappa shape index (κ3) is 2.04. The van der Waals surface area contributed by atoms with Crippen molar-refractivity contribution in [2.75, 3.05) is 0 Å². The Kier molecular flexibility index (Phi) is 3.64. The number of carbonyl (C=O) groups is 1. The lowest BCUT2D eigenvalue weighted by Crippen LogP contribution is -1.93. The summed E-state index contributed by atoms with van der Waals surface area (Å²) < 4.78 is 13.9. The van der Waals surface area contributed by atoms with Crippen LogP contribution < -0.4 is 0 Å². The van der Waals surface area contributed by atoms with Gasteiger partial charge in [-0.3, -0.25) is 4.79 Å². The molecule has 0 saturated carbocycles. The first kappa shape index (κ1) is 10.1. The van der Waals surface area contributed by atoms with Crippen molar-refractivity contribution in [3.8, 4) is 0 Å². The Bertz CT molecular complexity index is 291. The van der Waals surface area contributed by atoms with E-state index < -0.39 is 0 Å². The third-order valence-electron chi connectivity index (χ3n) is 1.43. The Morgan fingerprint density at radius 2 is 2.25 bits per heavy atom. The molecule has 0 bridgehead atoms. The lowest BCUT2D eigenvalue weighted by atomic mass is 10.1. The number of rotatable bonds is 2. The van der Waals surface area contributed by atoms with Gasteiger partial charge >= 0.3 is 0 Å². The van der Waals surface area contributed by atoms with Crippen LogP contribution in [-0.4, -0.2) is 6.29 Å². The monoisotopic (exact) mass is 342 g/mol. The molecular weight excluding hydrogens is 338 g/mol. The van der Waals surface area contributed by atoms with Gasteiger partial charge in [-0.1, -0.05) is 15.9 Å². The average Bonchev–Trinajstić information content (AvgIpc) is 2.03. The first-order chi connectivity index (χ1) is 5.69. The van der Waals surface area contributed by atoms with Crippen LogP contribution in [0.5, 0.6) is 0 Å². The second-order valence-electron chi connectivity index (χ2n) is 2.21. The quantitative estimate of drug-likeness (QED) is 0.458. The molecule has 0 fully saturated rings. The highest BCUT2D eigenvalue weighted by Gasteiger charge is 2.06. The molecule has 0 heterocycles. The molecule has 0 spiro atoms. The van der Waals surface area contributed by atoms with E-state index >= 15 is 0 Å². The SMILES string of the molecule is O=Cc1cc(F)c(CBr)c(I)c1. The largest absolute Gasteiger partial charge is 0.298 e. The summed E-state index contributed by atoms with van der Waals surface area (Å²) in [5.41, 5.74) is 0.975. The molecule has 12 heavy (non-hydrogen) atoms. The molecule has 1 aromatic carbocycles. The molecule has 0 unspecified atom stereocenters. The number of carbonyl (C=O) groups excluding carboxylic acids is 1. The Hall–Kier alpha value is 0.0300. The van der Waals surface area contributed by atoms with Crippen LogP contribution in [0, 0.1) is 9.39 Å². The van der Waals surface area contributed by atoms with E-state index in [9.17, 15) is 9.18 Å². The van der Waals surface area contributed by atoms with E-state index in [1.54, 1.807) is 6.07 Å². The zero-order valence-electron chi connectivity index (χ0n) is 5.98. The third-order valence-corrected chi connectivity index (χ3v) is 2.96. The topological polar surface area (TPSA) is 17.1 Å². The van der Waals surface area contributed by atoms with Crippen LogP contribution in [0.15, 0.2) is 12.1 Å². The van der Waals surface area contributed by atoms with Crippen molar-refractivity contribution in [3.63, 3.8) is 0 Å². The second-order valence-corrected chi connectivity index (χ2v) is 3.94. The summed E-state index contributed by atoms with van der Waals surface area (Å²) in [4.78, 5) is 10.3. The number of aldehydes is 1. The van der Waals surface area contributed by atoms with Crippen molar-refractivity contribution in [2.24, 2.45) is 0 Å². The summed E-state index contributed by atoms with van der Waals surface area (Å²) in [6.45, 7) is 0. The Morgan fingerprint density at radius 1 is 1.58 bits per heavy atom. The zero-order chi connectivity index (χ0) is 9.14. The van der Waals surface area contributed by atoms with Crippen molar-refractivity contribution in [1.82, 2.24) is 0 Å². The number of hydrogen-bond acceptors (Lipinski definition) is 1. The van der Waals surface area contributed by atoms with Crippen LogP contribution in [0.2, 0.25) is 0 Å². The number of benzene rings is 1. The number of hydrogen-bond donors (Lipinski definition) is 0. The normalized spacial score (nSPS) is 9.92. The van der Waals surface area contributed by atoms with Gasteiger partial charge in [0.2, 0.25) is 0 Å². The summed E-state index contributed by atoms with van der Waals surface area (Å²) in [5, 5.41) is 0.468. The molecule has 0 atom stereocenters. The van der Waals surface area contributed by atoms with Crippen LogP contribution >= 0.6 is 38.5 Å². The van der Waals surface area contributed by atoms with E-state index in [1.165, 1.54) is 6.07 Å². The van der Waals surface area contributed by atoms with E-state index in [0.29, 0.717) is 22.7 Å². The number of halogens is 3. The second kappa shape index (κ2) is 4.32. The maximum Gasteiger partial charge on any atom is 0.150 e. The fourth-order valence-electron chi connectivity index (χ4n) is 0.818. The first-order valence-corrected chi connectivity index (χ1v) is 5.38. The van der Waals surface area contributed by atoms with Gasteiger partial charge in [0.15, 0.2) is 0 Å². The molecule has 0 aromatic heterocycles. The summed E-state index contributed by atoms with van der Waals surface area (Å²) in [6.07, 6.45) is 0.642. The molecule has 1 rings (SSSR count). The lowest BCUT2D eigenvalue weighted by molar-refractivity contribution is 0.112. The molecule has 0 N–H and O–H groups in total. The predicted molar refractivity (Wildman–Crippen MR) is 57.1 cm³/mol. The van der Waals surface area contributed by atoms with Crippen molar-refractivity contribution in [3.05, 3.63) is 32.6 Å². The molecule has 4 heteroatoms. The fraction of sp³-hybridized carbons (Fsp3) is 0.125. The summed E-state index contributed by atoms with van der Waals surface area (Å²) >= 11 is 5.18. The fourth-order valence-corrected chi connectivity index (χ4v) is 2.72. The molecule has 0 aliphatic heterocycles. The van der Waals surface area contributed by atoms with Gasteiger partial charge in [0.25, 0.3) is 0 Å². The minimum atomic E-state index is -0.333. The molecular formula is C8H5BrFIO. The molecule has 1 aromatic rings. The smallest absolute Gasteiger partial charge is 0.150 e. The first-order valence-electron chi connectivity index (χ1n) is 3.18. The lowest BCUT2D eigenvalue weighted by Gasteiger charge is -2.02. The summed E-state index contributed by atoms with van der Waals surface area (Å²) in [6, 6.07) is 2.90. The molecule has 0 aliphatic carbocycles. The van der Waals surface area contributed by atoms with Gasteiger partial charge in [-0.15, -0.1) is 0 Å². The van der Waals surface area contributed by atoms with Gasteiger partial charge in [-0.25, -0.2) is 4.39 Å². The van der Waals surface area contributed by atoms with Crippen LogP contribution in [0.3, 0.4) is 0 Å². The average molecular weight is 343 g/mol. The highest BCUT2D eigenvalue weighted by atomic mass is 127.